The Balaban J connectivity index is 2.98. The summed E-state index contributed by atoms with van der Waals surface area (Å²) in [6, 6.07) is 7.29. The standard InChI is InChI=1S/C11H10NO4S/c1-16-9-4-2-3-7-10(17(13,14)15)6-5-8(12)11(7)9/h2-6,12H,1H3,(H,13,14,15). The lowest BCUT2D eigenvalue weighted by Gasteiger charge is -2.09. The fraction of sp³-hybridized carbons (Fsp3) is 0.0909. The van der Waals surface area contributed by atoms with E-state index in [0.29, 0.717) is 11.1 Å². The van der Waals surface area contributed by atoms with E-state index in [4.69, 9.17) is 15.0 Å². The van der Waals surface area contributed by atoms with E-state index in [9.17, 15) is 8.42 Å². The topological polar surface area (TPSA) is 87.4 Å². The first-order chi connectivity index (χ1) is 7.95. The molecule has 0 aliphatic heterocycles. The molecule has 0 aliphatic carbocycles. The van der Waals surface area contributed by atoms with Crippen LogP contribution in [0.4, 0.5) is 5.69 Å². The van der Waals surface area contributed by atoms with Gasteiger partial charge in [0.2, 0.25) is 0 Å². The maximum absolute atomic E-state index is 11.2. The predicted octanol–water partition coefficient (Wildman–Crippen LogP) is 2.01. The van der Waals surface area contributed by atoms with Gasteiger partial charge in [0.1, 0.15) is 10.6 Å². The molecule has 0 unspecified atom stereocenters. The molecule has 0 atom stereocenters. The minimum Gasteiger partial charge on any atom is -0.496 e. The fourth-order valence-corrected chi connectivity index (χ4v) is 2.43. The molecular formula is C11H10NO4S. The Morgan fingerprint density at radius 1 is 1.24 bits per heavy atom. The highest BCUT2D eigenvalue weighted by molar-refractivity contribution is 7.86. The molecule has 0 spiro atoms. The van der Waals surface area contributed by atoms with Crippen LogP contribution in [0.15, 0.2) is 35.2 Å². The van der Waals surface area contributed by atoms with Crippen LogP contribution in [-0.2, 0) is 10.1 Å². The number of benzene rings is 2. The van der Waals surface area contributed by atoms with Crippen molar-refractivity contribution in [1.82, 2.24) is 5.73 Å². The van der Waals surface area contributed by atoms with E-state index in [1.807, 2.05) is 0 Å². The van der Waals surface area contributed by atoms with Crippen LogP contribution >= 0.6 is 0 Å². The highest BCUT2D eigenvalue weighted by atomic mass is 32.2. The SMILES string of the molecule is COc1cccc2c(S(=O)(=O)O)ccc([NH])c12. The monoisotopic (exact) mass is 252 g/mol. The highest BCUT2D eigenvalue weighted by Crippen LogP contribution is 2.35. The first-order valence-electron chi connectivity index (χ1n) is 4.74. The molecule has 0 amide bonds. The van der Waals surface area contributed by atoms with Crippen molar-refractivity contribution in [1.29, 1.82) is 0 Å². The number of fused-ring (bicyclic) bond motifs is 1. The van der Waals surface area contributed by atoms with Crippen molar-refractivity contribution in [3.8, 4) is 5.75 Å². The summed E-state index contributed by atoms with van der Waals surface area (Å²) in [5.74, 6) is 0.401. The lowest BCUT2D eigenvalue weighted by atomic mass is 10.1. The summed E-state index contributed by atoms with van der Waals surface area (Å²) in [6.45, 7) is 0. The quantitative estimate of drug-likeness (QED) is 0.828. The number of nitrogens with one attached hydrogen (secondary N) is 1. The van der Waals surface area contributed by atoms with E-state index < -0.39 is 10.1 Å². The summed E-state index contributed by atoms with van der Waals surface area (Å²) in [5.41, 5.74) is 7.90. The number of rotatable bonds is 2. The van der Waals surface area contributed by atoms with Crippen molar-refractivity contribution in [2.24, 2.45) is 0 Å². The summed E-state index contributed by atoms with van der Waals surface area (Å²) in [7, 11) is -2.87. The van der Waals surface area contributed by atoms with Crippen LogP contribution in [0.1, 0.15) is 0 Å². The minimum atomic E-state index is -4.31. The van der Waals surface area contributed by atoms with Crippen molar-refractivity contribution < 1.29 is 17.7 Å². The summed E-state index contributed by atoms with van der Waals surface area (Å²) < 4.78 is 36.6. The van der Waals surface area contributed by atoms with E-state index in [2.05, 4.69) is 0 Å². The van der Waals surface area contributed by atoms with Gasteiger partial charge in [-0.1, -0.05) is 12.1 Å². The molecule has 5 nitrogen and oxygen atoms in total. The summed E-state index contributed by atoms with van der Waals surface area (Å²) in [5, 5.41) is 0.643. The van der Waals surface area contributed by atoms with Gasteiger partial charge >= 0.3 is 0 Å². The summed E-state index contributed by atoms with van der Waals surface area (Å²) >= 11 is 0. The van der Waals surface area contributed by atoms with Crippen LogP contribution < -0.4 is 10.5 Å². The third-order valence-corrected chi connectivity index (χ3v) is 3.37. The van der Waals surface area contributed by atoms with E-state index in [-0.39, 0.29) is 16.0 Å². The molecule has 0 saturated carbocycles. The zero-order valence-corrected chi connectivity index (χ0v) is 9.78. The molecule has 89 valence electrons. The third-order valence-electron chi connectivity index (χ3n) is 2.46. The molecule has 0 fully saturated rings. The maximum atomic E-state index is 11.2. The van der Waals surface area contributed by atoms with Gasteiger partial charge in [0.15, 0.2) is 0 Å². The summed E-state index contributed by atoms with van der Waals surface area (Å²) in [4.78, 5) is -0.220. The van der Waals surface area contributed by atoms with Crippen LogP contribution in [0.2, 0.25) is 0 Å². The molecule has 1 radical (unpaired) electrons. The smallest absolute Gasteiger partial charge is 0.295 e. The molecule has 0 heterocycles. The Morgan fingerprint density at radius 3 is 2.53 bits per heavy atom. The average molecular weight is 252 g/mol. The zero-order valence-electron chi connectivity index (χ0n) is 8.97. The molecule has 2 rings (SSSR count). The second-order valence-electron chi connectivity index (χ2n) is 3.47. The molecular weight excluding hydrogens is 242 g/mol. The Kier molecular flexibility index (Phi) is 2.68. The molecule has 0 aliphatic rings. The largest absolute Gasteiger partial charge is 0.496 e. The lowest BCUT2D eigenvalue weighted by Crippen LogP contribution is -1.99. The molecule has 0 saturated heterocycles. The van der Waals surface area contributed by atoms with Gasteiger partial charge in [0.25, 0.3) is 10.1 Å². The molecule has 17 heavy (non-hydrogen) atoms. The van der Waals surface area contributed by atoms with Crippen molar-refractivity contribution in [3.05, 3.63) is 30.3 Å². The van der Waals surface area contributed by atoms with Gasteiger partial charge in [-0.2, -0.15) is 8.42 Å². The highest BCUT2D eigenvalue weighted by Gasteiger charge is 2.17. The molecule has 0 aromatic heterocycles. The first kappa shape index (κ1) is 11.7. The predicted molar refractivity (Wildman–Crippen MR) is 63.1 cm³/mol. The van der Waals surface area contributed by atoms with Gasteiger partial charge in [0.05, 0.1) is 18.2 Å². The number of hydrogen-bond acceptors (Lipinski definition) is 3. The van der Waals surface area contributed by atoms with Crippen LogP contribution in [0.25, 0.3) is 10.8 Å². The van der Waals surface area contributed by atoms with Crippen LogP contribution in [0, 0.1) is 0 Å². The molecule has 2 aromatic rings. The zero-order chi connectivity index (χ0) is 12.6. The van der Waals surface area contributed by atoms with Crippen molar-refractivity contribution in [2.75, 3.05) is 7.11 Å². The van der Waals surface area contributed by atoms with Crippen molar-refractivity contribution in [2.45, 2.75) is 4.90 Å². The van der Waals surface area contributed by atoms with E-state index in [1.165, 1.54) is 25.3 Å². The maximum Gasteiger partial charge on any atom is 0.295 e. The van der Waals surface area contributed by atoms with Crippen molar-refractivity contribution >= 4 is 26.6 Å². The van der Waals surface area contributed by atoms with E-state index >= 15 is 0 Å². The molecule has 2 N–H and O–H groups in total. The fourth-order valence-electron chi connectivity index (χ4n) is 1.74. The van der Waals surface area contributed by atoms with Gasteiger partial charge in [0, 0.05) is 5.39 Å². The Morgan fingerprint density at radius 2 is 1.94 bits per heavy atom. The number of methoxy groups -OCH3 is 1. The second kappa shape index (κ2) is 3.90. The first-order valence-corrected chi connectivity index (χ1v) is 6.18. The van der Waals surface area contributed by atoms with E-state index in [0.717, 1.165) is 0 Å². The number of hydrogen-bond donors (Lipinski definition) is 1. The lowest BCUT2D eigenvalue weighted by molar-refractivity contribution is 0.420. The van der Waals surface area contributed by atoms with Gasteiger partial charge in [-0.15, -0.1) is 0 Å². The molecule has 6 heteroatoms. The average Bonchev–Trinajstić information content (AvgIpc) is 2.27. The second-order valence-corrected chi connectivity index (χ2v) is 4.86. The van der Waals surface area contributed by atoms with Gasteiger partial charge in [-0.25, -0.2) is 0 Å². The summed E-state index contributed by atoms with van der Waals surface area (Å²) in [6.07, 6.45) is 0. The Bertz CT molecular complexity index is 679. The Labute approximate surface area is 98.6 Å². The van der Waals surface area contributed by atoms with Crippen LogP contribution in [0.3, 0.4) is 0 Å². The molecule has 2 aromatic carbocycles. The number of ether oxygens (including phenoxy) is 1. The minimum absolute atomic E-state index is 0.143. The van der Waals surface area contributed by atoms with Crippen LogP contribution in [-0.4, -0.2) is 20.1 Å². The van der Waals surface area contributed by atoms with Gasteiger partial charge in [-0.3, -0.25) is 4.55 Å². The van der Waals surface area contributed by atoms with Crippen LogP contribution in [0.5, 0.6) is 5.75 Å². The van der Waals surface area contributed by atoms with Gasteiger partial charge in [-0.05, 0) is 18.2 Å². The molecule has 0 bridgehead atoms. The van der Waals surface area contributed by atoms with Gasteiger partial charge < -0.3 is 10.5 Å². The van der Waals surface area contributed by atoms with E-state index in [1.54, 1.807) is 12.1 Å². The van der Waals surface area contributed by atoms with Crippen molar-refractivity contribution in [3.63, 3.8) is 0 Å². The Hall–Kier alpha value is -1.79. The normalized spacial score (nSPS) is 11.6. The third kappa shape index (κ3) is 1.92.